The minimum atomic E-state index is -3.76. The van der Waals surface area contributed by atoms with E-state index in [2.05, 4.69) is 10.5 Å². The topological polar surface area (TPSA) is 98.5 Å². The van der Waals surface area contributed by atoms with E-state index in [1.165, 1.54) is 13.2 Å². The fourth-order valence-corrected chi connectivity index (χ4v) is 4.34. The van der Waals surface area contributed by atoms with Gasteiger partial charge in [-0.3, -0.25) is 4.79 Å². The second-order valence-corrected chi connectivity index (χ2v) is 9.11. The first-order chi connectivity index (χ1) is 14.3. The van der Waals surface area contributed by atoms with E-state index in [-0.39, 0.29) is 28.7 Å². The Hall–Kier alpha value is -3.13. The molecule has 7 nitrogen and oxygen atoms in total. The van der Waals surface area contributed by atoms with Gasteiger partial charge in [0.15, 0.2) is 15.6 Å². The second kappa shape index (κ2) is 9.13. The number of benzene rings is 2. The van der Waals surface area contributed by atoms with Crippen LogP contribution in [0.4, 0.5) is 0 Å². The van der Waals surface area contributed by atoms with Crippen LogP contribution in [0.3, 0.4) is 0 Å². The van der Waals surface area contributed by atoms with Gasteiger partial charge < -0.3 is 14.6 Å². The quantitative estimate of drug-likeness (QED) is 0.590. The van der Waals surface area contributed by atoms with E-state index in [4.69, 9.17) is 9.26 Å². The third-order valence-electron chi connectivity index (χ3n) is 4.62. The first kappa shape index (κ1) is 21.6. The average Bonchev–Trinajstić information content (AvgIpc) is 3.17. The Morgan fingerprint density at radius 2 is 1.83 bits per heavy atom. The Bertz CT molecular complexity index is 1130. The summed E-state index contributed by atoms with van der Waals surface area (Å²) in [6.45, 7) is 4.12. The molecule has 1 N–H and O–H groups in total. The van der Waals surface area contributed by atoms with Crippen molar-refractivity contribution in [1.82, 2.24) is 10.5 Å². The summed E-state index contributed by atoms with van der Waals surface area (Å²) < 4.78 is 36.3. The molecule has 0 atom stereocenters. The summed E-state index contributed by atoms with van der Waals surface area (Å²) in [5, 5.41) is 6.58. The average molecular weight is 429 g/mol. The molecule has 158 valence electrons. The van der Waals surface area contributed by atoms with Crippen molar-refractivity contribution in [3.63, 3.8) is 0 Å². The van der Waals surface area contributed by atoms with Crippen LogP contribution in [0.15, 0.2) is 57.9 Å². The Labute approximate surface area is 176 Å². The van der Waals surface area contributed by atoms with Crippen LogP contribution in [0.1, 0.15) is 23.2 Å². The summed E-state index contributed by atoms with van der Waals surface area (Å²) in [6.07, 6.45) is -0.150. The van der Waals surface area contributed by atoms with Gasteiger partial charge in [0.25, 0.3) is 0 Å². The molecule has 0 aliphatic heterocycles. The van der Waals surface area contributed by atoms with Gasteiger partial charge in [-0.25, -0.2) is 8.42 Å². The number of methoxy groups -OCH3 is 1. The largest absolute Gasteiger partial charge is 0.495 e. The van der Waals surface area contributed by atoms with Crippen LogP contribution >= 0.6 is 0 Å². The number of sulfone groups is 1. The molecule has 2 aromatic carbocycles. The van der Waals surface area contributed by atoms with Gasteiger partial charge in [-0.05, 0) is 37.6 Å². The van der Waals surface area contributed by atoms with Gasteiger partial charge >= 0.3 is 0 Å². The first-order valence-corrected chi connectivity index (χ1v) is 11.1. The second-order valence-electron chi connectivity index (χ2n) is 7.03. The molecule has 1 heterocycles. The molecule has 8 heteroatoms. The van der Waals surface area contributed by atoms with E-state index in [1.807, 2.05) is 31.2 Å². The van der Waals surface area contributed by atoms with E-state index in [0.29, 0.717) is 23.6 Å². The van der Waals surface area contributed by atoms with Crippen LogP contribution < -0.4 is 10.1 Å². The predicted molar refractivity (Wildman–Crippen MR) is 113 cm³/mol. The molecule has 0 radical (unpaired) electrons. The van der Waals surface area contributed by atoms with Gasteiger partial charge in [-0.15, -0.1) is 0 Å². The number of hydrogen-bond donors (Lipinski definition) is 1. The van der Waals surface area contributed by atoms with Crippen LogP contribution in [0.2, 0.25) is 0 Å². The maximum Gasteiger partial charge on any atom is 0.221 e. The Morgan fingerprint density at radius 3 is 2.47 bits per heavy atom. The Morgan fingerprint density at radius 1 is 1.10 bits per heavy atom. The SMILES string of the molecule is COc1ccc(-c2cc(C)no2)cc1S(=O)(=O)CCC(=O)NCc1ccc(C)cc1. The number of carbonyl (C=O) groups excluding carboxylic acids is 1. The zero-order valence-corrected chi connectivity index (χ0v) is 18.0. The molecule has 0 unspecified atom stereocenters. The van der Waals surface area contributed by atoms with Crippen molar-refractivity contribution >= 4 is 15.7 Å². The third kappa shape index (κ3) is 5.27. The fraction of sp³-hybridized carbons (Fsp3) is 0.273. The lowest BCUT2D eigenvalue weighted by Crippen LogP contribution is -2.25. The van der Waals surface area contributed by atoms with Crippen molar-refractivity contribution in [3.8, 4) is 17.1 Å². The molecule has 0 aliphatic carbocycles. The van der Waals surface area contributed by atoms with E-state index in [0.717, 1.165) is 11.1 Å². The highest BCUT2D eigenvalue weighted by Gasteiger charge is 2.22. The molecule has 3 aromatic rings. The molecular formula is C22H24N2O5S. The lowest BCUT2D eigenvalue weighted by molar-refractivity contribution is -0.120. The van der Waals surface area contributed by atoms with Crippen molar-refractivity contribution in [2.75, 3.05) is 12.9 Å². The highest BCUT2D eigenvalue weighted by Crippen LogP contribution is 2.31. The lowest BCUT2D eigenvalue weighted by Gasteiger charge is -2.11. The molecule has 0 fully saturated rings. The van der Waals surface area contributed by atoms with E-state index in [1.54, 1.807) is 25.1 Å². The Kier molecular flexibility index (Phi) is 6.56. The summed E-state index contributed by atoms with van der Waals surface area (Å²) in [4.78, 5) is 12.2. The van der Waals surface area contributed by atoms with Crippen LogP contribution in [0, 0.1) is 13.8 Å². The predicted octanol–water partition coefficient (Wildman–Crippen LogP) is 3.45. The van der Waals surface area contributed by atoms with Gasteiger partial charge in [0, 0.05) is 24.6 Å². The van der Waals surface area contributed by atoms with Crippen molar-refractivity contribution in [3.05, 3.63) is 65.4 Å². The van der Waals surface area contributed by atoms with Gasteiger partial charge in [0.05, 0.1) is 18.6 Å². The van der Waals surface area contributed by atoms with Crippen molar-refractivity contribution in [1.29, 1.82) is 0 Å². The number of amides is 1. The first-order valence-electron chi connectivity index (χ1n) is 9.45. The standard InChI is InChI=1S/C22H24N2O5S/c1-15-4-6-17(7-5-15)14-23-22(25)10-11-30(26,27)21-13-18(8-9-19(21)28-3)20-12-16(2)24-29-20/h4-9,12-13H,10-11,14H2,1-3H3,(H,23,25). The van der Waals surface area contributed by atoms with Crippen LogP contribution in [-0.4, -0.2) is 32.3 Å². The van der Waals surface area contributed by atoms with Crippen LogP contribution in [-0.2, 0) is 21.2 Å². The maximum atomic E-state index is 12.9. The highest BCUT2D eigenvalue weighted by molar-refractivity contribution is 7.91. The van der Waals surface area contributed by atoms with Gasteiger partial charge in [-0.2, -0.15) is 0 Å². The molecule has 0 aliphatic rings. The number of ether oxygens (including phenoxy) is 1. The number of nitrogens with zero attached hydrogens (tertiary/aromatic N) is 1. The van der Waals surface area contributed by atoms with Crippen LogP contribution in [0.5, 0.6) is 5.75 Å². The number of nitrogens with one attached hydrogen (secondary N) is 1. The Balaban J connectivity index is 1.69. The molecule has 0 spiro atoms. The van der Waals surface area contributed by atoms with Crippen molar-refractivity contribution < 1.29 is 22.5 Å². The minimum Gasteiger partial charge on any atom is -0.495 e. The number of aryl methyl sites for hydroxylation is 2. The smallest absolute Gasteiger partial charge is 0.221 e. The molecular weight excluding hydrogens is 404 g/mol. The molecule has 3 rings (SSSR count). The zero-order chi connectivity index (χ0) is 21.7. The molecule has 0 saturated carbocycles. The zero-order valence-electron chi connectivity index (χ0n) is 17.1. The minimum absolute atomic E-state index is 0.0166. The molecule has 0 saturated heterocycles. The molecule has 1 amide bonds. The van der Waals surface area contributed by atoms with Crippen molar-refractivity contribution in [2.24, 2.45) is 0 Å². The fourth-order valence-electron chi connectivity index (χ4n) is 2.90. The van der Waals surface area contributed by atoms with Crippen LogP contribution in [0.25, 0.3) is 11.3 Å². The van der Waals surface area contributed by atoms with E-state index < -0.39 is 9.84 Å². The summed E-state index contributed by atoms with van der Waals surface area (Å²) >= 11 is 0. The normalized spacial score (nSPS) is 11.3. The molecule has 0 bridgehead atoms. The monoisotopic (exact) mass is 428 g/mol. The van der Waals surface area contributed by atoms with E-state index >= 15 is 0 Å². The lowest BCUT2D eigenvalue weighted by atomic mass is 10.1. The maximum absolute atomic E-state index is 12.9. The highest BCUT2D eigenvalue weighted by atomic mass is 32.2. The van der Waals surface area contributed by atoms with Gasteiger partial charge in [0.1, 0.15) is 10.6 Å². The van der Waals surface area contributed by atoms with E-state index in [9.17, 15) is 13.2 Å². The molecule has 30 heavy (non-hydrogen) atoms. The number of carbonyl (C=O) groups is 1. The number of rotatable bonds is 8. The third-order valence-corrected chi connectivity index (χ3v) is 6.35. The molecule has 1 aromatic heterocycles. The number of hydrogen-bond acceptors (Lipinski definition) is 6. The number of aromatic nitrogens is 1. The van der Waals surface area contributed by atoms with Crippen molar-refractivity contribution in [2.45, 2.75) is 31.7 Å². The van der Waals surface area contributed by atoms with Gasteiger partial charge in [-0.1, -0.05) is 35.0 Å². The summed E-state index contributed by atoms with van der Waals surface area (Å²) in [5.74, 6) is 0.0137. The summed E-state index contributed by atoms with van der Waals surface area (Å²) in [5.41, 5.74) is 3.34. The van der Waals surface area contributed by atoms with Gasteiger partial charge in [0.2, 0.25) is 5.91 Å². The summed E-state index contributed by atoms with van der Waals surface area (Å²) in [6, 6.07) is 14.2. The summed E-state index contributed by atoms with van der Waals surface area (Å²) in [7, 11) is -2.35.